The Morgan fingerprint density at radius 1 is 1.29 bits per heavy atom. The quantitative estimate of drug-likeness (QED) is 0.809. The molecule has 2 aromatic rings. The number of aryl methyl sites for hydroxylation is 2. The third-order valence-corrected chi connectivity index (χ3v) is 4.28. The second kappa shape index (κ2) is 7.92. The molecule has 0 radical (unpaired) electrons. The van der Waals surface area contributed by atoms with E-state index in [1.807, 2.05) is 13.0 Å². The summed E-state index contributed by atoms with van der Waals surface area (Å²) >= 11 is 1.27. The molecule has 0 unspecified atom stereocenters. The molecule has 0 spiro atoms. The predicted octanol–water partition coefficient (Wildman–Crippen LogP) is 3.47. The lowest BCUT2D eigenvalue weighted by atomic mass is 10.2. The second-order valence-corrected chi connectivity index (χ2v) is 6.27. The maximum absolute atomic E-state index is 11.8. The monoisotopic (exact) mass is 348 g/mol. The summed E-state index contributed by atoms with van der Waals surface area (Å²) in [5.41, 5.74) is 2.31. The summed E-state index contributed by atoms with van der Waals surface area (Å²) in [7, 11) is 0. The number of thiazole rings is 1. The summed E-state index contributed by atoms with van der Waals surface area (Å²) in [5.74, 6) is 0.206. The van der Waals surface area contributed by atoms with E-state index < -0.39 is 0 Å². The van der Waals surface area contributed by atoms with Gasteiger partial charge in [0.05, 0.1) is 12.3 Å². The lowest BCUT2D eigenvalue weighted by Crippen LogP contribution is -2.07. The van der Waals surface area contributed by atoms with Gasteiger partial charge in [-0.3, -0.25) is 4.79 Å². The van der Waals surface area contributed by atoms with E-state index in [1.165, 1.54) is 18.3 Å². The zero-order valence-electron chi connectivity index (χ0n) is 14.1. The Morgan fingerprint density at radius 2 is 2.04 bits per heavy atom. The highest BCUT2D eigenvalue weighted by molar-refractivity contribution is 7.13. The van der Waals surface area contributed by atoms with Gasteiger partial charge in [0.25, 0.3) is 0 Å². The molecule has 1 aromatic heterocycles. The average molecular weight is 348 g/mol. The predicted molar refractivity (Wildman–Crippen MR) is 92.6 cm³/mol. The van der Waals surface area contributed by atoms with Gasteiger partial charge in [0, 0.05) is 12.6 Å². The maximum atomic E-state index is 11.8. The minimum atomic E-state index is -0.353. The molecule has 6 nitrogen and oxygen atoms in total. The molecule has 0 aliphatic heterocycles. The minimum Gasteiger partial charge on any atom is -0.486 e. The normalized spacial score (nSPS) is 10.3. The van der Waals surface area contributed by atoms with Gasteiger partial charge in [-0.05, 0) is 44.5 Å². The number of anilines is 1. The van der Waals surface area contributed by atoms with Crippen molar-refractivity contribution in [1.82, 2.24) is 4.98 Å². The van der Waals surface area contributed by atoms with Crippen LogP contribution in [-0.2, 0) is 16.1 Å². The van der Waals surface area contributed by atoms with Crippen LogP contribution >= 0.6 is 11.3 Å². The number of esters is 1. The van der Waals surface area contributed by atoms with Gasteiger partial charge in [0.1, 0.15) is 22.2 Å². The van der Waals surface area contributed by atoms with Crippen LogP contribution in [0.1, 0.15) is 39.8 Å². The van der Waals surface area contributed by atoms with Crippen LogP contribution in [-0.4, -0.2) is 23.5 Å². The fraction of sp³-hybridized carbons (Fsp3) is 0.353. The minimum absolute atomic E-state index is 0.114. The van der Waals surface area contributed by atoms with Crippen molar-refractivity contribution in [3.8, 4) is 5.75 Å². The first-order valence-corrected chi connectivity index (χ1v) is 8.36. The van der Waals surface area contributed by atoms with Crippen molar-refractivity contribution in [3.05, 3.63) is 39.3 Å². The smallest absolute Gasteiger partial charge is 0.350 e. The number of amides is 1. The van der Waals surface area contributed by atoms with Gasteiger partial charge in [-0.2, -0.15) is 0 Å². The summed E-state index contributed by atoms with van der Waals surface area (Å²) in [6.45, 7) is 7.51. The fourth-order valence-corrected chi connectivity index (χ4v) is 2.97. The summed E-state index contributed by atoms with van der Waals surface area (Å²) < 4.78 is 10.7. The molecule has 0 aliphatic carbocycles. The van der Waals surface area contributed by atoms with Crippen molar-refractivity contribution in [2.45, 2.75) is 34.3 Å². The number of nitrogens with zero attached hydrogens (tertiary/aromatic N) is 1. The molecular weight excluding hydrogens is 328 g/mol. The topological polar surface area (TPSA) is 77.5 Å². The van der Waals surface area contributed by atoms with Crippen molar-refractivity contribution in [2.24, 2.45) is 0 Å². The molecule has 7 heteroatoms. The highest BCUT2D eigenvalue weighted by Crippen LogP contribution is 2.24. The van der Waals surface area contributed by atoms with Gasteiger partial charge < -0.3 is 14.8 Å². The van der Waals surface area contributed by atoms with Gasteiger partial charge in [0.2, 0.25) is 5.91 Å². The van der Waals surface area contributed by atoms with Gasteiger partial charge in [0.15, 0.2) is 0 Å². The zero-order valence-corrected chi connectivity index (χ0v) is 15.0. The molecule has 2 rings (SSSR count). The van der Waals surface area contributed by atoms with Crippen molar-refractivity contribution in [1.29, 1.82) is 0 Å². The van der Waals surface area contributed by atoms with Crippen LogP contribution in [0.4, 0.5) is 5.69 Å². The van der Waals surface area contributed by atoms with E-state index in [9.17, 15) is 9.59 Å². The summed E-state index contributed by atoms with van der Waals surface area (Å²) in [5, 5.41) is 3.46. The van der Waals surface area contributed by atoms with E-state index in [1.54, 1.807) is 26.0 Å². The Bertz CT molecular complexity index is 755. The van der Waals surface area contributed by atoms with Crippen LogP contribution in [0.2, 0.25) is 0 Å². The second-order valence-electron chi connectivity index (χ2n) is 5.19. The SMILES string of the molecule is CCOC(=O)c1sc(COc2ccc(NC(C)=O)c(C)c2)nc1C. The Balaban J connectivity index is 2.03. The third kappa shape index (κ3) is 4.55. The van der Waals surface area contributed by atoms with Gasteiger partial charge in [-0.25, -0.2) is 9.78 Å². The molecule has 24 heavy (non-hydrogen) atoms. The number of carbonyl (C=O) groups excluding carboxylic acids is 2. The van der Waals surface area contributed by atoms with E-state index in [-0.39, 0.29) is 18.5 Å². The Labute approximate surface area is 144 Å². The molecule has 1 aromatic carbocycles. The van der Waals surface area contributed by atoms with E-state index in [4.69, 9.17) is 9.47 Å². The number of carbonyl (C=O) groups is 2. The van der Waals surface area contributed by atoms with Gasteiger partial charge in [-0.15, -0.1) is 11.3 Å². The van der Waals surface area contributed by atoms with E-state index >= 15 is 0 Å². The molecular formula is C17H20N2O4S. The van der Waals surface area contributed by atoms with Crippen LogP contribution in [0.5, 0.6) is 5.75 Å². The van der Waals surface area contributed by atoms with E-state index in [0.717, 1.165) is 11.3 Å². The summed E-state index contributed by atoms with van der Waals surface area (Å²) in [6.07, 6.45) is 0. The summed E-state index contributed by atoms with van der Waals surface area (Å²) in [6, 6.07) is 5.42. The molecule has 0 saturated carbocycles. The highest BCUT2D eigenvalue weighted by Gasteiger charge is 2.16. The summed E-state index contributed by atoms with van der Waals surface area (Å²) in [4.78, 5) is 27.8. The van der Waals surface area contributed by atoms with Crippen molar-refractivity contribution in [2.75, 3.05) is 11.9 Å². The fourth-order valence-electron chi connectivity index (χ4n) is 2.10. The number of ether oxygens (including phenoxy) is 2. The molecule has 1 amide bonds. The molecule has 1 N–H and O–H groups in total. The van der Waals surface area contributed by atoms with Crippen LogP contribution < -0.4 is 10.1 Å². The first-order valence-electron chi connectivity index (χ1n) is 7.55. The third-order valence-electron chi connectivity index (χ3n) is 3.17. The standard InChI is InChI=1S/C17H20N2O4S/c1-5-22-17(21)16-11(3)18-15(24-16)9-23-13-6-7-14(10(2)8-13)19-12(4)20/h6-8H,5,9H2,1-4H3,(H,19,20). The average Bonchev–Trinajstić information content (AvgIpc) is 2.88. The molecule has 0 atom stereocenters. The Kier molecular flexibility index (Phi) is 5.92. The molecule has 0 aliphatic rings. The molecule has 0 saturated heterocycles. The molecule has 0 bridgehead atoms. The van der Waals surface area contributed by atoms with Crippen molar-refractivity contribution < 1.29 is 19.1 Å². The first kappa shape index (κ1) is 17.9. The van der Waals surface area contributed by atoms with Crippen LogP contribution in [0.15, 0.2) is 18.2 Å². The van der Waals surface area contributed by atoms with Crippen LogP contribution in [0.25, 0.3) is 0 Å². The van der Waals surface area contributed by atoms with Gasteiger partial charge >= 0.3 is 5.97 Å². The number of aromatic nitrogens is 1. The highest BCUT2D eigenvalue weighted by atomic mass is 32.1. The van der Waals surface area contributed by atoms with Crippen molar-refractivity contribution >= 4 is 28.9 Å². The van der Waals surface area contributed by atoms with E-state index in [0.29, 0.717) is 27.9 Å². The molecule has 0 fully saturated rings. The zero-order chi connectivity index (χ0) is 17.7. The number of nitrogens with one attached hydrogen (secondary N) is 1. The molecule has 1 heterocycles. The number of benzene rings is 1. The first-order chi connectivity index (χ1) is 11.4. The van der Waals surface area contributed by atoms with Crippen molar-refractivity contribution in [3.63, 3.8) is 0 Å². The Hall–Kier alpha value is -2.41. The molecule has 128 valence electrons. The Morgan fingerprint density at radius 3 is 2.67 bits per heavy atom. The number of hydrogen-bond donors (Lipinski definition) is 1. The van der Waals surface area contributed by atoms with Gasteiger partial charge in [-0.1, -0.05) is 0 Å². The largest absolute Gasteiger partial charge is 0.486 e. The lowest BCUT2D eigenvalue weighted by molar-refractivity contribution is -0.114. The lowest BCUT2D eigenvalue weighted by Gasteiger charge is -2.09. The van der Waals surface area contributed by atoms with Crippen LogP contribution in [0.3, 0.4) is 0 Å². The number of rotatable bonds is 6. The number of hydrogen-bond acceptors (Lipinski definition) is 6. The maximum Gasteiger partial charge on any atom is 0.350 e. The van der Waals surface area contributed by atoms with E-state index in [2.05, 4.69) is 10.3 Å². The van der Waals surface area contributed by atoms with Crippen LogP contribution in [0, 0.1) is 13.8 Å².